The molecule has 1 fully saturated rings. The van der Waals surface area contributed by atoms with Crippen LogP contribution < -0.4 is 15.5 Å². The van der Waals surface area contributed by atoms with Crippen molar-refractivity contribution in [1.29, 1.82) is 0 Å². The van der Waals surface area contributed by atoms with Crippen LogP contribution in [0, 0.1) is 0 Å². The number of benzene rings is 1. The Morgan fingerprint density at radius 3 is 1.88 bits per heavy atom. The van der Waals surface area contributed by atoms with E-state index in [-0.39, 0.29) is 12.5 Å². The molecule has 0 unspecified atom stereocenters. The second kappa shape index (κ2) is 13.2. The number of hydrogen-bond donors (Lipinski definition) is 2. The number of hydrogen-bond acceptors (Lipinski definition) is 8. The molecule has 1 heterocycles. The van der Waals surface area contributed by atoms with Crippen molar-refractivity contribution in [2.45, 2.75) is 105 Å². The van der Waals surface area contributed by atoms with E-state index in [9.17, 15) is 14.4 Å². The zero-order valence-electron chi connectivity index (χ0n) is 25.8. The Kier molecular flexibility index (Phi) is 10.8. The molecule has 0 aliphatic carbocycles. The summed E-state index contributed by atoms with van der Waals surface area (Å²) in [6.07, 6.45) is -0.134. The Labute approximate surface area is 238 Å². The van der Waals surface area contributed by atoms with Crippen LogP contribution in [0.1, 0.15) is 87.6 Å². The van der Waals surface area contributed by atoms with E-state index < -0.39 is 35.1 Å². The van der Waals surface area contributed by atoms with Crippen LogP contribution in [0.2, 0.25) is 0 Å². The van der Waals surface area contributed by atoms with Gasteiger partial charge in [-0.1, -0.05) is 0 Å². The summed E-state index contributed by atoms with van der Waals surface area (Å²) in [6.45, 7) is 19.7. The first-order valence-electron chi connectivity index (χ1n) is 13.8. The summed E-state index contributed by atoms with van der Waals surface area (Å²) in [4.78, 5) is 46.3. The van der Waals surface area contributed by atoms with Crippen LogP contribution in [0.15, 0.2) is 23.2 Å². The lowest BCUT2D eigenvalue weighted by atomic mass is 10.1. The molecule has 1 aliphatic heterocycles. The highest BCUT2D eigenvalue weighted by atomic mass is 16.6. The molecular weight excluding hydrogens is 514 g/mol. The summed E-state index contributed by atoms with van der Waals surface area (Å²) in [5.74, 6) is 0.216. The van der Waals surface area contributed by atoms with Gasteiger partial charge in [0.05, 0.1) is 6.54 Å². The molecule has 0 radical (unpaired) electrons. The molecule has 224 valence electrons. The molecule has 1 saturated heterocycles. The summed E-state index contributed by atoms with van der Waals surface area (Å²) in [5.41, 5.74) is -0.0754. The van der Waals surface area contributed by atoms with Crippen molar-refractivity contribution in [3.63, 3.8) is 0 Å². The minimum atomic E-state index is -0.808. The van der Waals surface area contributed by atoms with Gasteiger partial charge >= 0.3 is 18.3 Å². The van der Waals surface area contributed by atoms with Crippen molar-refractivity contribution in [2.75, 3.05) is 29.9 Å². The number of carbonyl (C=O) groups excluding carboxylic acids is 3. The molecule has 2 N–H and O–H groups in total. The van der Waals surface area contributed by atoms with Gasteiger partial charge < -0.3 is 24.4 Å². The van der Waals surface area contributed by atoms with Crippen LogP contribution in [-0.2, 0) is 20.8 Å². The van der Waals surface area contributed by atoms with Crippen LogP contribution in [-0.4, -0.2) is 65.6 Å². The number of nitrogens with zero attached hydrogens (tertiary/aromatic N) is 3. The number of carbonyl (C=O) groups is 3. The monoisotopic (exact) mass is 561 g/mol. The number of imide groups is 1. The van der Waals surface area contributed by atoms with Gasteiger partial charge in [-0.3, -0.25) is 10.3 Å². The molecule has 11 nitrogen and oxygen atoms in total. The van der Waals surface area contributed by atoms with E-state index in [1.54, 1.807) is 62.3 Å². The number of rotatable bonds is 5. The quantitative estimate of drug-likeness (QED) is 0.245. The first kappa shape index (κ1) is 32.7. The van der Waals surface area contributed by atoms with Crippen molar-refractivity contribution in [3.05, 3.63) is 23.8 Å². The van der Waals surface area contributed by atoms with E-state index in [2.05, 4.69) is 20.5 Å². The normalized spacial score (nSPS) is 14.4. The molecule has 1 aromatic carbocycles. The number of ether oxygens (including phenoxy) is 3. The highest BCUT2D eigenvalue weighted by molar-refractivity contribution is 6.02. The molecule has 3 amide bonds. The highest BCUT2D eigenvalue weighted by Crippen LogP contribution is 2.30. The van der Waals surface area contributed by atoms with Crippen LogP contribution >= 0.6 is 0 Å². The zero-order chi connectivity index (χ0) is 30.3. The Morgan fingerprint density at radius 1 is 0.875 bits per heavy atom. The van der Waals surface area contributed by atoms with Crippen molar-refractivity contribution in [1.82, 2.24) is 10.2 Å². The van der Waals surface area contributed by atoms with Gasteiger partial charge in [0.1, 0.15) is 16.8 Å². The predicted octanol–water partition coefficient (Wildman–Crippen LogP) is 6.27. The number of amides is 3. The molecule has 0 atom stereocenters. The van der Waals surface area contributed by atoms with Crippen molar-refractivity contribution < 1.29 is 28.6 Å². The van der Waals surface area contributed by atoms with Crippen LogP contribution in [0.25, 0.3) is 0 Å². The largest absolute Gasteiger partial charge is 0.444 e. The molecule has 0 spiro atoms. The van der Waals surface area contributed by atoms with E-state index in [1.165, 1.54) is 0 Å². The first-order chi connectivity index (χ1) is 18.4. The Bertz CT molecular complexity index is 1050. The molecule has 1 aliphatic rings. The second-order valence-corrected chi connectivity index (χ2v) is 12.7. The maximum absolute atomic E-state index is 13.2. The first-order valence-corrected chi connectivity index (χ1v) is 13.8. The standard InChI is InChI=1S/C29H47N5O6/c1-11-30-23(32-24(35)38-27(2,3)4)31-21-14-15-22(33-16-12-13-17-33)20(18-21)19-34(25(36)39-28(5,6)7)26(37)40-29(8,9)10/h14-15,18H,11-13,16-17,19H2,1-10H3,(H2,30,31,32,35). The molecule has 40 heavy (non-hydrogen) atoms. The van der Waals surface area contributed by atoms with E-state index in [0.29, 0.717) is 17.8 Å². The average molecular weight is 562 g/mol. The van der Waals surface area contributed by atoms with Gasteiger partial charge in [0.25, 0.3) is 0 Å². The van der Waals surface area contributed by atoms with Crippen molar-refractivity contribution >= 4 is 35.6 Å². The maximum Gasteiger partial charge on any atom is 0.420 e. The van der Waals surface area contributed by atoms with E-state index in [4.69, 9.17) is 14.2 Å². The lowest BCUT2D eigenvalue weighted by Crippen LogP contribution is -2.43. The summed E-state index contributed by atoms with van der Waals surface area (Å²) in [5, 5.41) is 5.78. The van der Waals surface area contributed by atoms with Crippen molar-refractivity contribution in [2.24, 2.45) is 4.99 Å². The van der Waals surface area contributed by atoms with Gasteiger partial charge in [-0.05, 0) is 106 Å². The predicted molar refractivity (Wildman–Crippen MR) is 157 cm³/mol. The third-order valence-electron chi connectivity index (χ3n) is 5.28. The van der Waals surface area contributed by atoms with Crippen molar-refractivity contribution in [3.8, 4) is 0 Å². The minimum Gasteiger partial charge on any atom is -0.444 e. The maximum atomic E-state index is 13.2. The minimum absolute atomic E-state index is 0.0784. The van der Waals surface area contributed by atoms with Crippen LogP contribution in [0.4, 0.5) is 25.8 Å². The number of anilines is 2. The second-order valence-electron chi connectivity index (χ2n) is 12.7. The summed E-state index contributed by atoms with van der Waals surface area (Å²) in [6, 6.07) is 5.63. The molecule has 0 aromatic heterocycles. The molecule has 1 aromatic rings. The molecule has 0 saturated carbocycles. The fourth-order valence-corrected chi connectivity index (χ4v) is 3.87. The number of aliphatic imine (C=N–C) groups is 1. The summed E-state index contributed by atoms with van der Waals surface area (Å²) < 4.78 is 16.5. The Morgan fingerprint density at radius 2 is 1.40 bits per heavy atom. The van der Waals surface area contributed by atoms with Gasteiger partial charge in [-0.2, -0.15) is 0 Å². The smallest absolute Gasteiger partial charge is 0.420 e. The number of alkyl carbamates (subject to hydrolysis) is 1. The average Bonchev–Trinajstić information content (AvgIpc) is 3.28. The summed E-state index contributed by atoms with van der Waals surface area (Å²) in [7, 11) is 0. The molecular formula is C29H47N5O6. The van der Waals surface area contributed by atoms with Gasteiger partial charge in [0, 0.05) is 31.0 Å². The van der Waals surface area contributed by atoms with E-state index in [1.807, 2.05) is 25.1 Å². The van der Waals surface area contributed by atoms with E-state index >= 15 is 0 Å². The number of guanidine groups is 1. The highest BCUT2D eigenvalue weighted by Gasteiger charge is 2.32. The van der Waals surface area contributed by atoms with Gasteiger partial charge in [-0.25, -0.2) is 19.3 Å². The van der Waals surface area contributed by atoms with Gasteiger partial charge in [0.15, 0.2) is 0 Å². The zero-order valence-corrected chi connectivity index (χ0v) is 25.8. The fourth-order valence-electron chi connectivity index (χ4n) is 3.87. The Balaban J connectivity index is 2.45. The third kappa shape index (κ3) is 11.3. The molecule has 0 bridgehead atoms. The SMILES string of the molecule is CCN=C(NC(=O)OC(C)(C)C)Nc1ccc(N2CCCC2)c(CN(C(=O)OC(C)(C)C)C(=O)OC(C)(C)C)c1. The van der Waals surface area contributed by atoms with Gasteiger partial charge in [0.2, 0.25) is 5.96 Å². The van der Waals surface area contributed by atoms with Crippen LogP contribution in [0.3, 0.4) is 0 Å². The summed E-state index contributed by atoms with van der Waals surface area (Å²) >= 11 is 0. The lowest BCUT2D eigenvalue weighted by molar-refractivity contribution is -0.000266. The van der Waals surface area contributed by atoms with Crippen LogP contribution in [0.5, 0.6) is 0 Å². The topological polar surface area (TPSA) is 122 Å². The van der Waals surface area contributed by atoms with E-state index in [0.717, 1.165) is 36.5 Å². The molecule has 11 heteroatoms. The third-order valence-corrected chi connectivity index (χ3v) is 5.28. The fraction of sp³-hybridized carbons (Fsp3) is 0.655. The van der Waals surface area contributed by atoms with Gasteiger partial charge in [-0.15, -0.1) is 0 Å². The Hall–Kier alpha value is -3.50. The number of nitrogens with one attached hydrogen (secondary N) is 2. The molecule has 2 rings (SSSR count). The lowest BCUT2D eigenvalue weighted by Gasteiger charge is -2.30.